The first-order valence-electron chi connectivity index (χ1n) is 11.7. The Labute approximate surface area is 211 Å². The average molecular weight is 502 g/mol. The van der Waals surface area contributed by atoms with E-state index in [0.29, 0.717) is 27.9 Å². The summed E-state index contributed by atoms with van der Waals surface area (Å²) in [6.07, 6.45) is 1.01. The van der Waals surface area contributed by atoms with Gasteiger partial charge in [-0.3, -0.25) is 4.79 Å². The van der Waals surface area contributed by atoms with Crippen LogP contribution < -0.4 is 14.8 Å². The molecule has 2 atom stereocenters. The Balaban J connectivity index is 2.08. The highest BCUT2D eigenvalue weighted by Crippen LogP contribution is 2.46. The van der Waals surface area contributed by atoms with Gasteiger partial charge in [-0.2, -0.15) is 0 Å². The molecule has 9 heteroatoms. The van der Waals surface area contributed by atoms with E-state index in [1.54, 1.807) is 14.2 Å². The van der Waals surface area contributed by atoms with Gasteiger partial charge in [0.2, 0.25) is 5.91 Å². The summed E-state index contributed by atoms with van der Waals surface area (Å²) < 4.78 is 16.7. The molecule has 190 valence electrons. The molecule has 1 aromatic carbocycles. The molecule has 1 N–H and O–H groups in total. The summed E-state index contributed by atoms with van der Waals surface area (Å²) in [5, 5.41) is 5.65. The summed E-state index contributed by atoms with van der Waals surface area (Å²) in [5.74, 6) is 0.601. The van der Waals surface area contributed by atoms with E-state index in [1.807, 2.05) is 70.0 Å². The van der Waals surface area contributed by atoms with Crippen molar-refractivity contribution in [3.05, 3.63) is 46.1 Å². The zero-order chi connectivity index (χ0) is 25.9. The topological polar surface area (TPSA) is 89.5 Å². The van der Waals surface area contributed by atoms with Gasteiger partial charge in [-0.05, 0) is 64.1 Å². The van der Waals surface area contributed by atoms with E-state index in [2.05, 4.69) is 5.32 Å². The SMILES string of the molecule is CC[C@@H](C)NC(=O)CC1=CSC2=NC(C)=C(C(=O)OC(C)(C)C)[C@@H](c3ccc(OC)c(OC)c3)N12. The molecule has 0 spiro atoms. The third kappa shape index (κ3) is 6.01. The maximum atomic E-state index is 13.4. The fourth-order valence-electron chi connectivity index (χ4n) is 3.89. The molecular formula is C26H35N3O5S. The molecule has 8 nitrogen and oxygen atoms in total. The highest BCUT2D eigenvalue weighted by atomic mass is 32.2. The Hall–Kier alpha value is -2.94. The van der Waals surface area contributed by atoms with Crippen molar-refractivity contribution in [1.82, 2.24) is 10.2 Å². The first-order chi connectivity index (χ1) is 16.5. The number of esters is 1. The van der Waals surface area contributed by atoms with Crippen LogP contribution in [0.4, 0.5) is 0 Å². The number of methoxy groups -OCH3 is 2. The number of nitrogens with one attached hydrogen (secondary N) is 1. The molecule has 2 aliphatic heterocycles. The quantitative estimate of drug-likeness (QED) is 0.506. The highest BCUT2D eigenvalue weighted by molar-refractivity contribution is 8.16. The van der Waals surface area contributed by atoms with Crippen LogP contribution in [0.15, 0.2) is 45.6 Å². The van der Waals surface area contributed by atoms with Crippen LogP contribution in [0.1, 0.15) is 66.0 Å². The summed E-state index contributed by atoms with van der Waals surface area (Å²) in [4.78, 5) is 32.9. The molecule has 2 aliphatic rings. The first-order valence-corrected chi connectivity index (χ1v) is 12.6. The number of nitrogens with zero attached hydrogens (tertiary/aromatic N) is 2. The Morgan fingerprint density at radius 3 is 2.49 bits per heavy atom. The smallest absolute Gasteiger partial charge is 0.338 e. The van der Waals surface area contributed by atoms with Crippen LogP contribution in [0.25, 0.3) is 0 Å². The van der Waals surface area contributed by atoms with Gasteiger partial charge in [-0.1, -0.05) is 24.8 Å². The van der Waals surface area contributed by atoms with Crippen molar-refractivity contribution >= 4 is 28.8 Å². The average Bonchev–Trinajstić information content (AvgIpc) is 3.17. The molecule has 0 aliphatic carbocycles. The van der Waals surface area contributed by atoms with E-state index < -0.39 is 17.6 Å². The van der Waals surface area contributed by atoms with E-state index in [0.717, 1.165) is 17.7 Å². The lowest BCUT2D eigenvalue weighted by molar-refractivity contribution is -0.150. The second-order valence-electron chi connectivity index (χ2n) is 9.56. The molecule has 0 unspecified atom stereocenters. The second kappa shape index (κ2) is 10.8. The molecule has 1 amide bonds. The Morgan fingerprint density at radius 1 is 1.20 bits per heavy atom. The Morgan fingerprint density at radius 2 is 1.89 bits per heavy atom. The largest absolute Gasteiger partial charge is 0.493 e. The minimum Gasteiger partial charge on any atom is -0.493 e. The number of hydrogen-bond donors (Lipinski definition) is 1. The van der Waals surface area contributed by atoms with Crippen molar-refractivity contribution < 1.29 is 23.8 Å². The van der Waals surface area contributed by atoms with Gasteiger partial charge in [0.25, 0.3) is 0 Å². The maximum Gasteiger partial charge on any atom is 0.338 e. The fraction of sp³-hybridized carbons (Fsp3) is 0.500. The monoisotopic (exact) mass is 501 g/mol. The van der Waals surface area contributed by atoms with Gasteiger partial charge in [-0.15, -0.1) is 0 Å². The molecule has 0 saturated carbocycles. The number of amidine groups is 1. The normalized spacial score (nSPS) is 18.4. The Bertz CT molecular complexity index is 1090. The lowest BCUT2D eigenvalue weighted by Crippen LogP contribution is -2.40. The number of rotatable bonds is 8. The highest BCUT2D eigenvalue weighted by Gasteiger charge is 2.42. The standard InChI is InChI=1S/C26H35N3O5S/c1-9-15(2)27-21(30)13-18-14-35-25-28-16(3)22(24(31)34-26(4,5)6)23(29(18)25)17-10-11-19(32-7)20(12-17)33-8/h10-12,14-15,23H,9,13H2,1-8H3,(H,27,30)/t15-,23-/m1/s1. The van der Waals surface area contributed by atoms with Crippen LogP contribution in [-0.2, 0) is 14.3 Å². The molecule has 0 bridgehead atoms. The lowest BCUT2D eigenvalue weighted by atomic mass is 9.93. The van der Waals surface area contributed by atoms with Crippen LogP contribution >= 0.6 is 11.8 Å². The van der Waals surface area contributed by atoms with Crippen LogP contribution in [0, 0.1) is 0 Å². The minimum atomic E-state index is -0.675. The maximum absolute atomic E-state index is 13.4. The third-order valence-electron chi connectivity index (χ3n) is 5.70. The summed E-state index contributed by atoms with van der Waals surface area (Å²) in [5.41, 5.74) is 1.89. The van der Waals surface area contributed by atoms with Gasteiger partial charge in [0, 0.05) is 11.7 Å². The van der Waals surface area contributed by atoms with Gasteiger partial charge in [0.15, 0.2) is 16.7 Å². The van der Waals surface area contributed by atoms with E-state index in [-0.39, 0.29) is 18.4 Å². The van der Waals surface area contributed by atoms with Crippen molar-refractivity contribution in [2.45, 2.75) is 72.1 Å². The van der Waals surface area contributed by atoms with Crippen LogP contribution in [-0.4, -0.2) is 47.8 Å². The van der Waals surface area contributed by atoms with E-state index in [4.69, 9.17) is 19.2 Å². The second-order valence-corrected chi connectivity index (χ2v) is 10.4. The molecule has 0 saturated heterocycles. The Kier molecular flexibility index (Phi) is 8.20. The summed E-state index contributed by atoms with van der Waals surface area (Å²) in [6, 6.07) is 5.09. The number of carbonyl (C=O) groups is 2. The number of hydrogen-bond acceptors (Lipinski definition) is 8. The van der Waals surface area contributed by atoms with Crippen LogP contribution in [0.5, 0.6) is 11.5 Å². The number of thioether (sulfide) groups is 1. The molecule has 35 heavy (non-hydrogen) atoms. The number of carbonyl (C=O) groups excluding carboxylic acids is 2. The molecule has 0 aromatic heterocycles. The lowest BCUT2D eigenvalue weighted by Gasteiger charge is -2.37. The van der Waals surface area contributed by atoms with E-state index in [9.17, 15) is 9.59 Å². The summed E-state index contributed by atoms with van der Waals surface area (Å²) in [7, 11) is 3.15. The zero-order valence-corrected chi connectivity index (χ0v) is 22.5. The van der Waals surface area contributed by atoms with Crippen molar-refractivity contribution in [2.75, 3.05) is 14.2 Å². The van der Waals surface area contributed by atoms with E-state index >= 15 is 0 Å². The number of aliphatic imine (C=N–C) groups is 1. The van der Waals surface area contributed by atoms with E-state index in [1.165, 1.54) is 11.8 Å². The van der Waals surface area contributed by atoms with Gasteiger partial charge in [-0.25, -0.2) is 9.79 Å². The fourth-order valence-corrected chi connectivity index (χ4v) is 4.86. The minimum absolute atomic E-state index is 0.0766. The summed E-state index contributed by atoms with van der Waals surface area (Å²) in [6.45, 7) is 11.3. The van der Waals surface area contributed by atoms with Crippen molar-refractivity contribution in [3.8, 4) is 11.5 Å². The number of fused-ring (bicyclic) bond motifs is 1. The molecule has 2 heterocycles. The van der Waals surface area contributed by atoms with Gasteiger partial charge in [0.05, 0.1) is 38.0 Å². The third-order valence-corrected chi connectivity index (χ3v) is 6.59. The zero-order valence-electron chi connectivity index (χ0n) is 21.7. The predicted octanol–water partition coefficient (Wildman–Crippen LogP) is 4.93. The molecule has 1 aromatic rings. The molecule has 3 rings (SSSR count). The predicted molar refractivity (Wildman–Crippen MR) is 138 cm³/mol. The van der Waals surface area contributed by atoms with Crippen molar-refractivity contribution in [3.63, 3.8) is 0 Å². The number of benzene rings is 1. The number of allylic oxidation sites excluding steroid dienone is 1. The van der Waals surface area contributed by atoms with Crippen LogP contribution in [0.2, 0.25) is 0 Å². The number of ether oxygens (including phenoxy) is 3. The van der Waals surface area contributed by atoms with Crippen molar-refractivity contribution in [1.29, 1.82) is 0 Å². The summed E-state index contributed by atoms with van der Waals surface area (Å²) >= 11 is 1.44. The van der Waals surface area contributed by atoms with Gasteiger partial charge in [0.1, 0.15) is 5.60 Å². The van der Waals surface area contributed by atoms with Crippen LogP contribution in [0.3, 0.4) is 0 Å². The molecule has 0 radical (unpaired) electrons. The molecular weight excluding hydrogens is 466 g/mol. The van der Waals surface area contributed by atoms with Gasteiger partial charge < -0.3 is 24.4 Å². The van der Waals surface area contributed by atoms with Gasteiger partial charge >= 0.3 is 5.97 Å². The number of amides is 1. The molecule has 0 fully saturated rings. The first kappa shape index (κ1) is 26.7. The van der Waals surface area contributed by atoms with Crippen molar-refractivity contribution in [2.24, 2.45) is 4.99 Å².